The van der Waals surface area contributed by atoms with Gasteiger partial charge in [-0.05, 0) is 30.8 Å². The third-order valence-electron chi connectivity index (χ3n) is 4.54. The van der Waals surface area contributed by atoms with Crippen LogP contribution in [-0.4, -0.2) is 56.8 Å². The summed E-state index contributed by atoms with van der Waals surface area (Å²) >= 11 is 1.55. The Morgan fingerprint density at radius 2 is 2.24 bits per heavy atom. The maximum absolute atomic E-state index is 12.6. The minimum absolute atomic E-state index is 0.0486. The lowest BCUT2D eigenvalue weighted by Gasteiger charge is -2.42. The van der Waals surface area contributed by atoms with E-state index >= 15 is 0 Å². The zero-order chi connectivity index (χ0) is 18.0. The Balaban J connectivity index is 1.61. The monoisotopic (exact) mass is 362 g/mol. The molecule has 2 heterocycles. The second-order valence-corrected chi connectivity index (χ2v) is 7.24. The smallest absolute Gasteiger partial charge is 0.317 e. The minimum Gasteiger partial charge on any atom is -0.480 e. The number of thiophene rings is 1. The number of amides is 1. The molecule has 3 rings (SSSR count). The molecule has 1 aliphatic carbocycles. The van der Waals surface area contributed by atoms with E-state index in [1.165, 1.54) is 0 Å². The zero-order valence-corrected chi connectivity index (χ0v) is 15.1. The van der Waals surface area contributed by atoms with Crippen molar-refractivity contribution < 1.29 is 14.7 Å². The lowest BCUT2D eigenvalue weighted by Crippen LogP contribution is -2.54. The number of hydrogen-bond acceptors (Lipinski definition) is 5. The fourth-order valence-corrected chi connectivity index (χ4v) is 3.91. The van der Waals surface area contributed by atoms with Gasteiger partial charge in [0.05, 0.1) is 17.0 Å². The highest BCUT2D eigenvalue weighted by Crippen LogP contribution is 2.29. The van der Waals surface area contributed by atoms with Gasteiger partial charge in [-0.3, -0.25) is 19.2 Å². The van der Waals surface area contributed by atoms with Gasteiger partial charge >= 0.3 is 5.97 Å². The van der Waals surface area contributed by atoms with Gasteiger partial charge in [0.2, 0.25) is 0 Å². The molecule has 1 aliphatic rings. The van der Waals surface area contributed by atoms with Gasteiger partial charge < -0.3 is 10.4 Å². The molecular weight excluding hydrogens is 340 g/mol. The van der Waals surface area contributed by atoms with Crippen LogP contribution in [0.25, 0.3) is 10.6 Å². The summed E-state index contributed by atoms with van der Waals surface area (Å²) in [5, 5.41) is 18.4. The number of hydrogen-bond donors (Lipinski definition) is 2. The number of carboxylic acids is 1. The Morgan fingerprint density at radius 1 is 1.48 bits per heavy atom. The van der Waals surface area contributed by atoms with E-state index in [-0.39, 0.29) is 24.5 Å². The molecule has 0 bridgehead atoms. The van der Waals surface area contributed by atoms with Crippen molar-refractivity contribution in [3.63, 3.8) is 0 Å². The Kier molecular flexibility index (Phi) is 5.19. The summed E-state index contributed by atoms with van der Waals surface area (Å²) in [6.45, 7) is 2.70. The van der Waals surface area contributed by atoms with Crippen molar-refractivity contribution in [2.45, 2.75) is 31.8 Å². The first-order valence-corrected chi connectivity index (χ1v) is 9.20. The molecule has 25 heavy (non-hydrogen) atoms. The van der Waals surface area contributed by atoms with E-state index in [1.54, 1.807) is 29.3 Å². The van der Waals surface area contributed by atoms with Crippen LogP contribution in [0.5, 0.6) is 0 Å². The van der Waals surface area contributed by atoms with E-state index in [1.807, 2.05) is 29.3 Å². The number of nitrogens with one attached hydrogen (secondary N) is 1. The molecule has 134 valence electrons. The van der Waals surface area contributed by atoms with Crippen LogP contribution in [0.4, 0.5) is 0 Å². The molecule has 1 saturated carbocycles. The van der Waals surface area contributed by atoms with E-state index in [4.69, 9.17) is 5.11 Å². The Morgan fingerprint density at radius 3 is 2.84 bits per heavy atom. The number of carbonyl (C=O) groups excluding carboxylic acids is 1. The topological polar surface area (TPSA) is 87.5 Å². The second-order valence-electron chi connectivity index (χ2n) is 6.29. The van der Waals surface area contributed by atoms with Gasteiger partial charge in [-0.25, -0.2) is 0 Å². The van der Waals surface area contributed by atoms with Crippen molar-refractivity contribution in [2.24, 2.45) is 7.05 Å². The van der Waals surface area contributed by atoms with Crippen molar-refractivity contribution in [1.29, 1.82) is 0 Å². The third-order valence-corrected chi connectivity index (χ3v) is 5.41. The molecule has 0 aliphatic heterocycles. The van der Waals surface area contributed by atoms with Crippen molar-refractivity contribution in [3.8, 4) is 10.6 Å². The van der Waals surface area contributed by atoms with E-state index in [2.05, 4.69) is 10.4 Å². The summed E-state index contributed by atoms with van der Waals surface area (Å²) in [7, 11) is 1.80. The molecule has 0 unspecified atom stereocenters. The van der Waals surface area contributed by atoms with E-state index in [0.717, 1.165) is 17.7 Å². The minimum atomic E-state index is -0.815. The number of likely N-dealkylation sites (N-methyl/N-ethyl adjacent to an activating group) is 1. The molecule has 0 atom stereocenters. The van der Waals surface area contributed by atoms with Crippen molar-refractivity contribution in [3.05, 3.63) is 29.3 Å². The van der Waals surface area contributed by atoms with Gasteiger partial charge in [0.25, 0.3) is 5.91 Å². The van der Waals surface area contributed by atoms with Crippen molar-refractivity contribution >= 4 is 23.2 Å². The number of aryl methyl sites for hydroxylation is 1. The molecule has 0 spiro atoms. The van der Waals surface area contributed by atoms with Crippen LogP contribution in [0.3, 0.4) is 0 Å². The van der Waals surface area contributed by atoms with Crippen LogP contribution >= 0.6 is 11.3 Å². The van der Waals surface area contributed by atoms with Crippen LogP contribution in [0.2, 0.25) is 0 Å². The number of nitrogens with zero attached hydrogens (tertiary/aromatic N) is 3. The molecule has 0 saturated heterocycles. The van der Waals surface area contributed by atoms with Gasteiger partial charge in [-0.1, -0.05) is 13.0 Å². The summed E-state index contributed by atoms with van der Waals surface area (Å²) in [6, 6.07) is 4.19. The Bertz CT molecular complexity index is 750. The summed E-state index contributed by atoms with van der Waals surface area (Å²) in [6.07, 6.45) is 3.30. The van der Waals surface area contributed by atoms with Gasteiger partial charge in [-0.2, -0.15) is 5.10 Å². The fourth-order valence-electron chi connectivity index (χ4n) is 3.19. The zero-order valence-electron chi connectivity index (χ0n) is 14.3. The van der Waals surface area contributed by atoms with Crippen LogP contribution in [0.15, 0.2) is 23.7 Å². The first kappa shape index (κ1) is 17.6. The predicted molar refractivity (Wildman–Crippen MR) is 95.7 cm³/mol. The van der Waals surface area contributed by atoms with Gasteiger partial charge in [-0.15, -0.1) is 11.3 Å². The van der Waals surface area contributed by atoms with E-state index in [0.29, 0.717) is 17.8 Å². The Labute approximate surface area is 150 Å². The molecule has 1 fully saturated rings. The quantitative estimate of drug-likeness (QED) is 0.784. The molecule has 8 heteroatoms. The van der Waals surface area contributed by atoms with Crippen LogP contribution in [0.1, 0.15) is 30.1 Å². The maximum atomic E-state index is 12.6. The fraction of sp³-hybridized carbons (Fsp3) is 0.471. The lowest BCUT2D eigenvalue weighted by atomic mass is 9.85. The maximum Gasteiger partial charge on any atom is 0.317 e. The van der Waals surface area contributed by atoms with Crippen LogP contribution in [0, 0.1) is 0 Å². The highest BCUT2D eigenvalue weighted by Gasteiger charge is 2.35. The summed E-state index contributed by atoms with van der Waals surface area (Å²) in [4.78, 5) is 26.4. The summed E-state index contributed by atoms with van der Waals surface area (Å²) in [5.41, 5.74) is 1.28. The first-order valence-electron chi connectivity index (χ1n) is 8.32. The van der Waals surface area contributed by atoms with Crippen LogP contribution < -0.4 is 5.32 Å². The van der Waals surface area contributed by atoms with Crippen molar-refractivity contribution in [2.75, 3.05) is 13.1 Å². The van der Waals surface area contributed by atoms with Gasteiger partial charge in [0, 0.05) is 25.3 Å². The highest BCUT2D eigenvalue weighted by atomic mass is 32.1. The van der Waals surface area contributed by atoms with E-state index < -0.39 is 5.97 Å². The van der Waals surface area contributed by atoms with E-state index in [9.17, 15) is 9.59 Å². The molecule has 1 amide bonds. The molecular formula is C17H22N4O3S. The largest absolute Gasteiger partial charge is 0.480 e. The highest BCUT2D eigenvalue weighted by molar-refractivity contribution is 7.13. The average Bonchev–Trinajstić information content (AvgIpc) is 3.17. The number of carboxylic acid groups (broad SMARTS) is 1. The summed E-state index contributed by atoms with van der Waals surface area (Å²) in [5.74, 6) is -0.938. The molecule has 2 aromatic heterocycles. The molecule has 2 N–H and O–H groups in total. The number of rotatable bonds is 7. The standard InChI is InChI=1S/C17H22N4O3S/c1-3-21(10-15(22)23)12-7-11(8-12)18-17(24)13-9-20(2)19-16(13)14-5-4-6-25-14/h4-6,9,11-12H,3,7-8,10H2,1-2H3,(H,18,24)(H,22,23). The predicted octanol–water partition coefficient (Wildman–Crippen LogP) is 1.82. The molecule has 0 radical (unpaired) electrons. The second kappa shape index (κ2) is 7.37. The number of aliphatic carboxylic acids is 1. The van der Waals surface area contributed by atoms with Gasteiger partial charge in [0.15, 0.2) is 0 Å². The van der Waals surface area contributed by atoms with Crippen LogP contribution in [-0.2, 0) is 11.8 Å². The Hall–Kier alpha value is -2.19. The number of carbonyl (C=O) groups is 2. The lowest BCUT2D eigenvalue weighted by molar-refractivity contribution is -0.139. The SMILES string of the molecule is CCN(CC(=O)O)C1CC(NC(=O)c2cn(C)nc2-c2cccs2)C1. The number of aromatic nitrogens is 2. The average molecular weight is 362 g/mol. The normalized spacial score (nSPS) is 19.6. The summed E-state index contributed by atoms with van der Waals surface area (Å²) < 4.78 is 1.65. The molecule has 2 aromatic rings. The third kappa shape index (κ3) is 3.91. The first-order chi connectivity index (χ1) is 12.0. The molecule has 0 aromatic carbocycles. The molecule has 7 nitrogen and oxygen atoms in total. The van der Waals surface area contributed by atoms with Gasteiger partial charge in [0.1, 0.15) is 5.69 Å². The van der Waals surface area contributed by atoms with Crippen molar-refractivity contribution in [1.82, 2.24) is 20.0 Å².